The van der Waals surface area contributed by atoms with Gasteiger partial charge < -0.3 is 14.8 Å². The fraction of sp³-hybridized carbons (Fsp3) is 0.429. The maximum Gasteiger partial charge on any atom is 0.274 e. The predicted octanol–water partition coefficient (Wildman–Crippen LogP) is 4.98. The summed E-state index contributed by atoms with van der Waals surface area (Å²) >= 11 is 0. The summed E-state index contributed by atoms with van der Waals surface area (Å²) in [5.74, 6) is 0.634. The van der Waals surface area contributed by atoms with Crippen molar-refractivity contribution < 1.29 is 9.59 Å². The van der Waals surface area contributed by atoms with Crippen LogP contribution in [-0.2, 0) is 11.8 Å². The van der Waals surface area contributed by atoms with Crippen LogP contribution >= 0.6 is 0 Å². The van der Waals surface area contributed by atoms with Crippen LogP contribution in [0.5, 0.6) is 0 Å². The van der Waals surface area contributed by atoms with Gasteiger partial charge in [-0.25, -0.2) is 0 Å². The van der Waals surface area contributed by atoms with E-state index < -0.39 is 0 Å². The molecule has 1 aromatic carbocycles. The van der Waals surface area contributed by atoms with E-state index in [9.17, 15) is 9.59 Å². The number of nitriles is 1. The van der Waals surface area contributed by atoms with Gasteiger partial charge in [-0.1, -0.05) is 19.3 Å². The molecule has 5 rings (SSSR count). The monoisotopic (exact) mass is 469 g/mol. The van der Waals surface area contributed by atoms with E-state index in [1.807, 2.05) is 31.3 Å². The van der Waals surface area contributed by atoms with Crippen molar-refractivity contribution in [3.8, 4) is 6.07 Å². The first-order chi connectivity index (χ1) is 17.0. The third kappa shape index (κ3) is 4.79. The Morgan fingerprint density at radius 3 is 2.57 bits per heavy atom. The van der Waals surface area contributed by atoms with Crippen molar-refractivity contribution in [2.75, 3.05) is 18.4 Å². The van der Waals surface area contributed by atoms with Gasteiger partial charge in [-0.2, -0.15) is 5.26 Å². The van der Waals surface area contributed by atoms with Gasteiger partial charge in [-0.05, 0) is 67.5 Å². The first-order valence-electron chi connectivity index (χ1n) is 12.6. The second kappa shape index (κ2) is 9.91. The number of aryl methyl sites for hydroxylation is 1. The largest absolute Gasteiger partial charge is 0.350 e. The Hall–Kier alpha value is -3.66. The maximum absolute atomic E-state index is 13.0. The molecule has 2 amide bonds. The summed E-state index contributed by atoms with van der Waals surface area (Å²) in [4.78, 5) is 31.9. The Morgan fingerprint density at radius 2 is 1.83 bits per heavy atom. The van der Waals surface area contributed by atoms with Gasteiger partial charge in [-0.15, -0.1) is 0 Å². The second-order valence-corrected chi connectivity index (χ2v) is 9.86. The molecule has 3 aromatic rings. The van der Waals surface area contributed by atoms with Gasteiger partial charge in [-0.3, -0.25) is 14.6 Å². The first-order valence-corrected chi connectivity index (χ1v) is 12.6. The molecule has 1 saturated heterocycles. The number of pyridine rings is 1. The number of carbonyl (C=O) groups excluding carboxylic acids is 2. The number of benzene rings is 1. The Balaban J connectivity index is 1.31. The number of carbonyl (C=O) groups is 2. The lowest BCUT2D eigenvalue weighted by molar-refractivity contribution is -0.137. The number of nitrogens with zero attached hydrogens (tertiary/aromatic N) is 4. The molecule has 0 unspecified atom stereocenters. The van der Waals surface area contributed by atoms with Crippen LogP contribution in [0.1, 0.15) is 72.5 Å². The third-order valence-corrected chi connectivity index (χ3v) is 7.60. The van der Waals surface area contributed by atoms with Crippen LogP contribution in [-0.4, -0.2) is 39.4 Å². The number of nitrogens with one attached hydrogen (secondary N) is 1. The Bertz CT molecular complexity index is 1290. The highest BCUT2D eigenvalue weighted by atomic mass is 16.2. The molecule has 1 saturated carbocycles. The molecule has 0 atom stereocenters. The summed E-state index contributed by atoms with van der Waals surface area (Å²) in [6.07, 6.45) is 11.3. The van der Waals surface area contributed by atoms with Crippen LogP contribution < -0.4 is 5.32 Å². The fourth-order valence-corrected chi connectivity index (χ4v) is 5.66. The minimum absolute atomic E-state index is 0.215. The van der Waals surface area contributed by atoms with Crippen LogP contribution in [0.3, 0.4) is 0 Å². The fourth-order valence-electron chi connectivity index (χ4n) is 5.66. The summed E-state index contributed by atoms with van der Waals surface area (Å²) in [5, 5.41) is 13.1. The molecule has 0 bridgehead atoms. The number of hydrogen-bond acceptors (Lipinski definition) is 4. The van der Waals surface area contributed by atoms with Gasteiger partial charge in [0.25, 0.3) is 5.91 Å². The predicted molar refractivity (Wildman–Crippen MR) is 135 cm³/mol. The van der Waals surface area contributed by atoms with Crippen LogP contribution in [0.15, 0.2) is 42.7 Å². The molecule has 2 aliphatic rings. The quantitative estimate of drug-likeness (QED) is 0.583. The number of piperidine rings is 1. The van der Waals surface area contributed by atoms with Gasteiger partial charge in [0, 0.05) is 55.0 Å². The zero-order valence-electron chi connectivity index (χ0n) is 20.2. The minimum atomic E-state index is -0.339. The van der Waals surface area contributed by atoms with Crippen molar-refractivity contribution in [1.29, 1.82) is 5.26 Å². The first kappa shape index (κ1) is 23.1. The lowest BCUT2D eigenvalue weighted by atomic mass is 9.86. The third-order valence-electron chi connectivity index (χ3n) is 7.60. The molecule has 7 nitrogen and oxygen atoms in total. The van der Waals surface area contributed by atoms with E-state index in [1.165, 1.54) is 37.1 Å². The van der Waals surface area contributed by atoms with Crippen molar-refractivity contribution in [2.45, 2.75) is 50.9 Å². The number of amides is 2. The van der Waals surface area contributed by atoms with Gasteiger partial charge in [0.05, 0.1) is 11.6 Å². The van der Waals surface area contributed by atoms with Crippen LogP contribution in [0.2, 0.25) is 0 Å². The average molecular weight is 470 g/mol. The van der Waals surface area contributed by atoms with Gasteiger partial charge in [0.1, 0.15) is 5.69 Å². The molecule has 0 spiro atoms. The molecule has 1 aliphatic heterocycles. The van der Waals surface area contributed by atoms with Crippen LogP contribution in [0.25, 0.3) is 10.9 Å². The zero-order valence-corrected chi connectivity index (χ0v) is 20.2. The minimum Gasteiger partial charge on any atom is -0.350 e. The van der Waals surface area contributed by atoms with Crippen molar-refractivity contribution in [2.24, 2.45) is 13.0 Å². The van der Waals surface area contributed by atoms with E-state index in [0.717, 1.165) is 49.7 Å². The number of fused-ring (bicyclic) bond motifs is 1. The normalized spacial score (nSPS) is 17.3. The Labute approximate surface area is 205 Å². The molecule has 3 heterocycles. The number of hydrogen-bond donors (Lipinski definition) is 1. The maximum atomic E-state index is 13.0. The van der Waals surface area contributed by atoms with Gasteiger partial charge >= 0.3 is 0 Å². The standard InChI is InChI=1S/C28H31N5O2/c1-32-18-24(20-10-13-33(14-11-20)28(35)21-5-3-2-4-6-21)23-16-22(7-8-26(23)32)31-27(34)25-15-19(17-29)9-12-30-25/h7-9,12,15-16,18,20-21H,2-6,10-11,13-14H2,1H3,(H,31,34). The highest BCUT2D eigenvalue weighted by Crippen LogP contribution is 2.36. The van der Waals surface area contributed by atoms with E-state index in [-0.39, 0.29) is 17.5 Å². The molecule has 180 valence electrons. The number of rotatable bonds is 4. The van der Waals surface area contributed by atoms with Crippen LogP contribution in [0.4, 0.5) is 5.69 Å². The lowest BCUT2D eigenvalue weighted by Crippen LogP contribution is -2.41. The van der Waals surface area contributed by atoms with Crippen molar-refractivity contribution in [3.05, 3.63) is 59.5 Å². The van der Waals surface area contributed by atoms with Crippen molar-refractivity contribution in [3.63, 3.8) is 0 Å². The summed E-state index contributed by atoms with van der Waals surface area (Å²) in [5.41, 5.74) is 3.70. The van der Waals surface area contributed by atoms with Crippen molar-refractivity contribution >= 4 is 28.4 Å². The highest BCUT2D eigenvalue weighted by molar-refractivity contribution is 6.04. The summed E-state index contributed by atoms with van der Waals surface area (Å²) in [6.45, 7) is 1.63. The number of likely N-dealkylation sites (tertiary alicyclic amines) is 1. The number of aromatic nitrogens is 2. The molecule has 1 aliphatic carbocycles. The molecule has 1 N–H and O–H groups in total. The molecule has 0 radical (unpaired) electrons. The van der Waals surface area contributed by atoms with Crippen LogP contribution in [0, 0.1) is 17.2 Å². The topological polar surface area (TPSA) is 91.0 Å². The molecule has 7 heteroatoms. The van der Waals surface area contributed by atoms with E-state index in [1.54, 1.807) is 6.07 Å². The SMILES string of the molecule is Cn1cc(C2CCN(C(=O)C3CCCCC3)CC2)c2cc(NC(=O)c3cc(C#N)ccn3)ccc21. The summed E-state index contributed by atoms with van der Waals surface area (Å²) < 4.78 is 2.13. The molecule has 35 heavy (non-hydrogen) atoms. The number of anilines is 1. The Morgan fingerprint density at radius 1 is 1.06 bits per heavy atom. The average Bonchev–Trinajstić information content (AvgIpc) is 3.24. The molecule has 2 aromatic heterocycles. The highest BCUT2D eigenvalue weighted by Gasteiger charge is 2.30. The molecular formula is C28H31N5O2. The van der Waals surface area contributed by atoms with E-state index in [2.05, 4.69) is 26.0 Å². The second-order valence-electron chi connectivity index (χ2n) is 9.86. The lowest BCUT2D eigenvalue weighted by Gasteiger charge is -2.35. The Kier molecular flexibility index (Phi) is 6.54. The summed E-state index contributed by atoms with van der Waals surface area (Å²) in [7, 11) is 2.04. The van der Waals surface area contributed by atoms with E-state index in [4.69, 9.17) is 5.26 Å². The smallest absolute Gasteiger partial charge is 0.274 e. The van der Waals surface area contributed by atoms with E-state index in [0.29, 0.717) is 23.1 Å². The molecular weight excluding hydrogens is 438 g/mol. The van der Waals surface area contributed by atoms with Gasteiger partial charge in [0.15, 0.2) is 0 Å². The molecule has 2 fully saturated rings. The van der Waals surface area contributed by atoms with E-state index >= 15 is 0 Å². The van der Waals surface area contributed by atoms with Crippen molar-refractivity contribution in [1.82, 2.24) is 14.5 Å². The zero-order chi connectivity index (χ0) is 24.4. The van der Waals surface area contributed by atoms with Gasteiger partial charge in [0.2, 0.25) is 5.91 Å². The summed E-state index contributed by atoms with van der Waals surface area (Å²) in [6, 6.07) is 11.0.